The molecule has 0 aromatic carbocycles. The van der Waals surface area contributed by atoms with Crippen molar-refractivity contribution in [2.24, 2.45) is 0 Å². The van der Waals surface area contributed by atoms with Crippen molar-refractivity contribution in [3.05, 3.63) is 17.3 Å². The Hall–Kier alpha value is -2.29. The molecular weight excluding hydrogens is 252 g/mol. The van der Waals surface area contributed by atoms with Gasteiger partial charge in [0, 0.05) is 25.2 Å². The van der Waals surface area contributed by atoms with E-state index in [0.717, 1.165) is 31.0 Å². The fourth-order valence-electron chi connectivity index (χ4n) is 2.81. The molecule has 0 spiro atoms. The second kappa shape index (κ2) is 4.67. The molecule has 1 aliphatic heterocycles. The molecule has 0 saturated carbocycles. The minimum Gasteiger partial charge on any atom is -0.373 e. The topological polar surface area (TPSA) is 69.2 Å². The lowest BCUT2D eigenvalue weighted by Gasteiger charge is -2.26. The highest BCUT2D eigenvalue weighted by Gasteiger charge is 2.29. The molecule has 104 valence electrons. The molecule has 1 aliphatic rings. The van der Waals surface area contributed by atoms with Gasteiger partial charge in [-0.05, 0) is 19.8 Å². The zero-order chi connectivity index (χ0) is 14.3. The van der Waals surface area contributed by atoms with Gasteiger partial charge in [-0.3, -0.25) is 0 Å². The number of nitriles is 1. The number of anilines is 2. The maximum Gasteiger partial charge on any atom is 0.177 e. The fraction of sp³-hybridized carbons (Fsp3) is 0.500. The smallest absolute Gasteiger partial charge is 0.177 e. The van der Waals surface area contributed by atoms with Gasteiger partial charge in [0.05, 0.1) is 6.20 Å². The van der Waals surface area contributed by atoms with Crippen molar-refractivity contribution in [3.8, 4) is 6.07 Å². The minimum atomic E-state index is 0.446. The van der Waals surface area contributed by atoms with E-state index in [9.17, 15) is 5.26 Å². The summed E-state index contributed by atoms with van der Waals surface area (Å²) in [5, 5.41) is 16.7. The lowest BCUT2D eigenvalue weighted by atomic mass is 10.2. The number of rotatable bonds is 3. The SMILES string of the molecule is CCC(C)N1CCc2c(NC)nc3c(C#N)cnn3c21. The van der Waals surface area contributed by atoms with E-state index in [-0.39, 0.29) is 0 Å². The molecule has 1 atom stereocenters. The summed E-state index contributed by atoms with van der Waals surface area (Å²) in [7, 11) is 1.87. The molecule has 0 radical (unpaired) electrons. The van der Waals surface area contributed by atoms with Crippen molar-refractivity contribution in [1.29, 1.82) is 5.26 Å². The Bertz CT molecular complexity index is 696. The first-order valence-electron chi connectivity index (χ1n) is 6.96. The third-order valence-electron chi connectivity index (χ3n) is 4.07. The van der Waals surface area contributed by atoms with Crippen LogP contribution in [-0.2, 0) is 6.42 Å². The third-order valence-corrected chi connectivity index (χ3v) is 4.07. The van der Waals surface area contributed by atoms with Gasteiger partial charge < -0.3 is 10.2 Å². The van der Waals surface area contributed by atoms with Crippen LogP contribution in [0.3, 0.4) is 0 Å². The van der Waals surface area contributed by atoms with E-state index in [1.807, 2.05) is 11.6 Å². The van der Waals surface area contributed by atoms with Crippen LogP contribution >= 0.6 is 0 Å². The van der Waals surface area contributed by atoms with Crippen LogP contribution < -0.4 is 10.2 Å². The second-order valence-electron chi connectivity index (χ2n) is 5.12. The average molecular weight is 270 g/mol. The van der Waals surface area contributed by atoms with Crippen LogP contribution in [0.1, 0.15) is 31.4 Å². The van der Waals surface area contributed by atoms with Gasteiger partial charge in [-0.1, -0.05) is 6.92 Å². The van der Waals surface area contributed by atoms with Gasteiger partial charge in [0.25, 0.3) is 0 Å². The Balaban J connectivity index is 2.29. The van der Waals surface area contributed by atoms with E-state index in [4.69, 9.17) is 0 Å². The number of nitrogens with one attached hydrogen (secondary N) is 1. The van der Waals surface area contributed by atoms with E-state index in [1.165, 1.54) is 5.56 Å². The molecule has 3 rings (SSSR count). The molecule has 0 aliphatic carbocycles. The number of aromatic nitrogens is 3. The third kappa shape index (κ3) is 1.63. The molecule has 6 heteroatoms. The van der Waals surface area contributed by atoms with Crippen LogP contribution in [0.15, 0.2) is 6.20 Å². The van der Waals surface area contributed by atoms with Crippen LogP contribution in [0.2, 0.25) is 0 Å². The molecule has 2 aromatic heterocycles. The summed E-state index contributed by atoms with van der Waals surface area (Å²) in [6.45, 7) is 5.38. The van der Waals surface area contributed by atoms with Gasteiger partial charge >= 0.3 is 0 Å². The zero-order valence-electron chi connectivity index (χ0n) is 12.0. The summed E-state index contributed by atoms with van der Waals surface area (Å²) >= 11 is 0. The van der Waals surface area contributed by atoms with E-state index >= 15 is 0 Å². The zero-order valence-corrected chi connectivity index (χ0v) is 12.0. The van der Waals surface area contributed by atoms with Gasteiger partial charge in [0.2, 0.25) is 0 Å². The molecule has 2 aromatic rings. The lowest BCUT2D eigenvalue weighted by Crippen LogP contribution is -2.32. The predicted octanol–water partition coefficient (Wildman–Crippen LogP) is 1.80. The number of hydrogen-bond acceptors (Lipinski definition) is 5. The standard InChI is InChI=1S/C14H18N6/c1-4-9(2)19-6-5-11-12(16-3)18-13-10(7-15)8-17-20(13)14(11)19/h8-9H,4-6H2,1-3H3,(H,16,18). The quantitative estimate of drug-likeness (QED) is 0.921. The molecule has 0 fully saturated rings. The van der Waals surface area contributed by atoms with Crippen molar-refractivity contribution >= 4 is 17.3 Å². The van der Waals surface area contributed by atoms with Gasteiger partial charge in [-0.25, -0.2) is 4.98 Å². The number of hydrogen-bond donors (Lipinski definition) is 1. The van der Waals surface area contributed by atoms with Gasteiger partial charge in [0.15, 0.2) is 5.65 Å². The first-order valence-corrected chi connectivity index (χ1v) is 6.96. The Morgan fingerprint density at radius 2 is 2.35 bits per heavy atom. The van der Waals surface area contributed by atoms with Crippen molar-refractivity contribution in [2.45, 2.75) is 32.7 Å². The maximum absolute atomic E-state index is 9.18. The molecule has 6 nitrogen and oxygen atoms in total. The largest absolute Gasteiger partial charge is 0.373 e. The second-order valence-corrected chi connectivity index (χ2v) is 5.12. The maximum atomic E-state index is 9.18. The Kier molecular flexibility index (Phi) is 2.97. The lowest BCUT2D eigenvalue weighted by molar-refractivity contribution is 0.623. The van der Waals surface area contributed by atoms with Crippen LogP contribution in [0, 0.1) is 11.3 Å². The molecule has 0 saturated heterocycles. The first kappa shape index (κ1) is 12.7. The monoisotopic (exact) mass is 270 g/mol. The van der Waals surface area contributed by atoms with E-state index in [0.29, 0.717) is 17.3 Å². The highest BCUT2D eigenvalue weighted by atomic mass is 15.4. The molecule has 0 bridgehead atoms. The summed E-state index contributed by atoms with van der Waals surface area (Å²) in [5.74, 6) is 1.94. The summed E-state index contributed by atoms with van der Waals surface area (Å²) in [6, 6.07) is 2.60. The van der Waals surface area contributed by atoms with E-state index in [2.05, 4.69) is 40.2 Å². The van der Waals surface area contributed by atoms with Gasteiger partial charge in [-0.15, -0.1) is 0 Å². The molecular formula is C14H18N6. The van der Waals surface area contributed by atoms with E-state index in [1.54, 1.807) is 6.20 Å². The first-order chi connectivity index (χ1) is 9.71. The molecule has 1 unspecified atom stereocenters. The Morgan fingerprint density at radius 1 is 1.55 bits per heavy atom. The van der Waals surface area contributed by atoms with Crippen molar-refractivity contribution in [2.75, 3.05) is 23.8 Å². The molecule has 20 heavy (non-hydrogen) atoms. The van der Waals surface area contributed by atoms with E-state index < -0.39 is 0 Å². The highest BCUT2D eigenvalue weighted by molar-refractivity contribution is 5.71. The predicted molar refractivity (Wildman–Crippen MR) is 78.1 cm³/mol. The fourth-order valence-corrected chi connectivity index (χ4v) is 2.81. The highest BCUT2D eigenvalue weighted by Crippen LogP contribution is 2.35. The summed E-state index contributed by atoms with van der Waals surface area (Å²) in [5.41, 5.74) is 2.33. The average Bonchev–Trinajstić information content (AvgIpc) is 3.08. The Labute approximate surface area is 118 Å². The summed E-state index contributed by atoms with van der Waals surface area (Å²) in [4.78, 5) is 6.92. The van der Waals surface area contributed by atoms with Crippen molar-refractivity contribution < 1.29 is 0 Å². The number of fused-ring (bicyclic) bond motifs is 3. The summed E-state index contributed by atoms with van der Waals surface area (Å²) in [6.07, 6.45) is 3.63. The molecule has 0 amide bonds. The minimum absolute atomic E-state index is 0.446. The molecule has 1 N–H and O–H groups in total. The molecule has 3 heterocycles. The summed E-state index contributed by atoms with van der Waals surface area (Å²) < 4.78 is 1.81. The Morgan fingerprint density at radius 3 is 3.00 bits per heavy atom. The normalized spacial score (nSPS) is 15.2. The van der Waals surface area contributed by atoms with Crippen LogP contribution in [-0.4, -0.2) is 34.2 Å². The van der Waals surface area contributed by atoms with Crippen LogP contribution in [0.4, 0.5) is 11.6 Å². The van der Waals surface area contributed by atoms with Gasteiger partial charge in [-0.2, -0.15) is 14.9 Å². The van der Waals surface area contributed by atoms with Crippen molar-refractivity contribution in [3.63, 3.8) is 0 Å². The van der Waals surface area contributed by atoms with Crippen LogP contribution in [0.25, 0.3) is 5.65 Å². The van der Waals surface area contributed by atoms with Gasteiger partial charge in [0.1, 0.15) is 23.3 Å². The number of nitrogens with zero attached hydrogens (tertiary/aromatic N) is 5. The van der Waals surface area contributed by atoms with Crippen molar-refractivity contribution in [1.82, 2.24) is 14.6 Å². The van der Waals surface area contributed by atoms with Crippen LogP contribution in [0.5, 0.6) is 0 Å².